The first kappa shape index (κ1) is 14.4. The second-order valence-corrected chi connectivity index (χ2v) is 4.90. The highest BCUT2D eigenvalue weighted by Gasteiger charge is 2.27. The highest BCUT2D eigenvalue weighted by molar-refractivity contribution is 9.10. The largest absolute Gasteiger partial charge is 0.394 e. The average Bonchev–Trinajstić information content (AvgIpc) is 2.36. The van der Waals surface area contributed by atoms with Gasteiger partial charge in [0, 0.05) is 22.3 Å². The predicted molar refractivity (Wildman–Crippen MR) is 72.8 cm³/mol. The lowest BCUT2D eigenvalue weighted by Gasteiger charge is -2.32. The Balaban J connectivity index is 3.05. The van der Waals surface area contributed by atoms with Gasteiger partial charge in [-0.2, -0.15) is 0 Å². The molecule has 1 aromatic carbocycles. The zero-order chi connectivity index (χ0) is 12.9. The SMILES string of the molecule is CCC(CO)(CO)Nc1cccc(Br)c1CN. The van der Waals surface area contributed by atoms with Crippen LogP contribution < -0.4 is 11.1 Å². The Morgan fingerprint density at radius 3 is 2.47 bits per heavy atom. The molecule has 96 valence electrons. The van der Waals surface area contributed by atoms with Gasteiger partial charge in [-0.25, -0.2) is 0 Å². The molecule has 17 heavy (non-hydrogen) atoms. The molecule has 0 fully saturated rings. The van der Waals surface area contributed by atoms with Gasteiger partial charge >= 0.3 is 0 Å². The lowest BCUT2D eigenvalue weighted by atomic mass is 9.97. The molecule has 1 rings (SSSR count). The Bertz CT molecular complexity index is 359. The Morgan fingerprint density at radius 1 is 1.35 bits per heavy atom. The molecule has 0 amide bonds. The van der Waals surface area contributed by atoms with Crippen molar-refractivity contribution < 1.29 is 10.2 Å². The summed E-state index contributed by atoms with van der Waals surface area (Å²) in [6.45, 7) is 2.05. The van der Waals surface area contributed by atoms with Gasteiger partial charge in [0.2, 0.25) is 0 Å². The van der Waals surface area contributed by atoms with E-state index in [1.165, 1.54) is 0 Å². The molecular weight excluding hydrogens is 284 g/mol. The summed E-state index contributed by atoms with van der Waals surface area (Å²) in [7, 11) is 0. The van der Waals surface area contributed by atoms with Crippen molar-refractivity contribution >= 4 is 21.6 Å². The summed E-state index contributed by atoms with van der Waals surface area (Å²) in [5, 5.41) is 22.0. The van der Waals surface area contributed by atoms with Crippen LogP contribution in [-0.4, -0.2) is 29.0 Å². The van der Waals surface area contributed by atoms with Crippen molar-refractivity contribution in [2.75, 3.05) is 18.5 Å². The van der Waals surface area contributed by atoms with Crippen molar-refractivity contribution in [2.45, 2.75) is 25.4 Å². The fourth-order valence-electron chi connectivity index (χ4n) is 1.61. The molecule has 1 aromatic rings. The van der Waals surface area contributed by atoms with Crippen molar-refractivity contribution in [1.82, 2.24) is 0 Å². The highest BCUT2D eigenvalue weighted by atomic mass is 79.9. The minimum atomic E-state index is -0.704. The predicted octanol–water partition coefficient (Wildman–Crippen LogP) is 1.45. The molecule has 0 bridgehead atoms. The smallest absolute Gasteiger partial charge is 0.0832 e. The van der Waals surface area contributed by atoms with E-state index in [1.54, 1.807) is 0 Å². The van der Waals surface area contributed by atoms with E-state index in [4.69, 9.17) is 5.73 Å². The van der Waals surface area contributed by atoms with Crippen LogP contribution in [0.15, 0.2) is 22.7 Å². The number of halogens is 1. The van der Waals surface area contributed by atoms with Gasteiger partial charge in [-0.15, -0.1) is 0 Å². The summed E-state index contributed by atoms with van der Waals surface area (Å²) < 4.78 is 0.922. The lowest BCUT2D eigenvalue weighted by molar-refractivity contribution is 0.132. The van der Waals surface area contributed by atoms with E-state index >= 15 is 0 Å². The normalized spacial score (nSPS) is 11.6. The maximum atomic E-state index is 9.41. The van der Waals surface area contributed by atoms with Gasteiger partial charge in [-0.1, -0.05) is 28.9 Å². The van der Waals surface area contributed by atoms with Crippen LogP contribution in [0.1, 0.15) is 18.9 Å². The topological polar surface area (TPSA) is 78.5 Å². The quantitative estimate of drug-likeness (QED) is 0.641. The molecule has 5 heteroatoms. The number of anilines is 1. The maximum Gasteiger partial charge on any atom is 0.0832 e. The first-order valence-corrected chi connectivity index (χ1v) is 6.39. The molecule has 0 spiro atoms. The average molecular weight is 303 g/mol. The number of benzene rings is 1. The van der Waals surface area contributed by atoms with Crippen LogP contribution >= 0.6 is 15.9 Å². The molecule has 0 aliphatic carbocycles. The zero-order valence-electron chi connectivity index (χ0n) is 9.91. The third-order valence-corrected chi connectivity index (χ3v) is 3.75. The maximum absolute atomic E-state index is 9.41. The van der Waals surface area contributed by atoms with E-state index < -0.39 is 5.54 Å². The fourth-order valence-corrected chi connectivity index (χ4v) is 2.14. The van der Waals surface area contributed by atoms with Crippen molar-refractivity contribution in [3.63, 3.8) is 0 Å². The van der Waals surface area contributed by atoms with Crippen LogP contribution in [0.5, 0.6) is 0 Å². The van der Waals surface area contributed by atoms with Crippen LogP contribution in [0.4, 0.5) is 5.69 Å². The molecule has 0 atom stereocenters. The van der Waals surface area contributed by atoms with Crippen LogP contribution in [-0.2, 0) is 6.54 Å². The first-order valence-electron chi connectivity index (χ1n) is 5.60. The molecule has 0 aromatic heterocycles. The Labute approximate surface area is 110 Å². The molecule has 0 saturated heterocycles. The standard InChI is InChI=1S/C12H19BrN2O2/c1-2-12(7-16,8-17)15-11-5-3-4-10(13)9(11)6-14/h3-5,15-17H,2,6-8,14H2,1H3. The van der Waals surface area contributed by atoms with Gasteiger partial charge < -0.3 is 21.3 Å². The van der Waals surface area contributed by atoms with Crippen molar-refractivity contribution in [1.29, 1.82) is 0 Å². The lowest BCUT2D eigenvalue weighted by Crippen LogP contribution is -2.45. The Kier molecular flexibility index (Phi) is 5.39. The third-order valence-electron chi connectivity index (χ3n) is 3.00. The van der Waals surface area contributed by atoms with E-state index in [0.29, 0.717) is 13.0 Å². The van der Waals surface area contributed by atoms with Crippen molar-refractivity contribution in [2.24, 2.45) is 5.73 Å². The van der Waals surface area contributed by atoms with Crippen LogP contribution in [0.3, 0.4) is 0 Å². The van der Waals surface area contributed by atoms with Gasteiger partial charge in [0.15, 0.2) is 0 Å². The van der Waals surface area contributed by atoms with E-state index in [9.17, 15) is 10.2 Å². The molecule has 0 aliphatic rings. The summed E-state index contributed by atoms with van der Waals surface area (Å²) in [5.41, 5.74) is 6.77. The molecule has 0 heterocycles. The summed E-state index contributed by atoms with van der Waals surface area (Å²) in [6.07, 6.45) is 0.622. The summed E-state index contributed by atoms with van der Waals surface area (Å²) in [6, 6.07) is 5.70. The number of rotatable bonds is 6. The first-order chi connectivity index (χ1) is 8.12. The molecule has 0 unspecified atom stereocenters. The van der Waals surface area contributed by atoms with Crippen molar-refractivity contribution in [3.8, 4) is 0 Å². The summed E-state index contributed by atoms with van der Waals surface area (Å²) in [5.74, 6) is 0. The zero-order valence-corrected chi connectivity index (χ0v) is 11.5. The van der Waals surface area contributed by atoms with E-state index in [0.717, 1.165) is 15.7 Å². The second kappa shape index (κ2) is 6.35. The number of aliphatic hydroxyl groups is 2. The van der Waals surface area contributed by atoms with Gasteiger partial charge in [0.05, 0.1) is 18.8 Å². The monoisotopic (exact) mass is 302 g/mol. The second-order valence-electron chi connectivity index (χ2n) is 4.05. The number of hydrogen-bond donors (Lipinski definition) is 4. The van der Waals surface area contributed by atoms with E-state index in [1.807, 2.05) is 25.1 Å². The fraction of sp³-hybridized carbons (Fsp3) is 0.500. The van der Waals surface area contributed by atoms with Crippen molar-refractivity contribution in [3.05, 3.63) is 28.2 Å². The highest BCUT2D eigenvalue weighted by Crippen LogP contribution is 2.27. The molecule has 5 N–H and O–H groups in total. The number of nitrogens with one attached hydrogen (secondary N) is 1. The van der Waals surface area contributed by atoms with E-state index in [-0.39, 0.29) is 13.2 Å². The Morgan fingerprint density at radius 2 is 2.00 bits per heavy atom. The molecule has 0 radical (unpaired) electrons. The third kappa shape index (κ3) is 3.19. The molecule has 0 aliphatic heterocycles. The van der Waals surface area contributed by atoms with Gasteiger partial charge in [0.1, 0.15) is 0 Å². The summed E-state index contributed by atoms with van der Waals surface area (Å²) in [4.78, 5) is 0. The minimum Gasteiger partial charge on any atom is -0.394 e. The van der Waals surface area contributed by atoms with Gasteiger partial charge in [-0.3, -0.25) is 0 Å². The number of hydrogen-bond acceptors (Lipinski definition) is 4. The van der Waals surface area contributed by atoms with Crippen LogP contribution in [0.25, 0.3) is 0 Å². The molecular formula is C12H19BrN2O2. The molecule has 0 saturated carbocycles. The number of nitrogens with two attached hydrogens (primary N) is 1. The van der Waals surface area contributed by atoms with Gasteiger partial charge in [0.25, 0.3) is 0 Å². The van der Waals surface area contributed by atoms with Crippen LogP contribution in [0.2, 0.25) is 0 Å². The van der Waals surface area contributed by atoms with Gasteiger partial charge in [-0.05, 0) is 18.6 Å². The molecule has 4 nitrogen and oxygen atoms in total. The Hall–Kier alpha value is -0.620. The van der Waals surface area contributed by atoms with E-state index in [2.05, 4.69) is 21.2 Å². The minimum absolute atomic E-state index is 0.128. The summed E-state index contributed by atoms with van der Waals surface area (Å²) >= 11 is 3.44. The number of aliphatic hydroxyl groups excluding tert-OH is 2. The van der Waals surface area contributed by atoms with Crippen LogP contribution in [0, 0.1) is 0 Å².